The van der Waals surface area contributed by atoms with Crippen LogP contribution in [0.4, 0.5) is 5.69 Å². The van der Waals surface area contributed by atoms with Crippen molar-refractivity contribution in [2.45, 2.75) is 44.7 Å². The molecule has 1 aromatic heterocycles. The first-order valence-electron chi connectivity index (χ1n) is 11.5. The maximum atomic E-state index is 12.9. The molecule has 1 amide bonds. The molecule has 2 aromatic carbocycles. The Kier molecular flexibility index (Phi) is 5.85. The second kappa shape index (κ2) is 9.06. The summed E-state index contributed by atoms with van der Waals surface area (Å²) < 4.78 is 2.18. The van der Waals surface area contributed by atoms with Crippen LogP contribution >= 0.6 is 0 Å². The van der Waals surface area contributed by atoms with Crippen molar-refractivity contribution in [3.8, 4) is 0 Å². The van der Waals surface area contributed by atoms with Gasteiger partial charge in [-0.3, -0.25) is 9.69 Å². The van der Waals surface area contributed by atoms with E-state index in [2.05, 4.69) is 45.1 Å². The average molecular weight is 415 g/mol. The lowest BCUT2D eigenvalue weighted by atomic mass is 9.88. The Hall–Kier alpha value is -2.92. The molecule has 2 aliphatic rings. The normalized spacial score (nSPS) is 19.7. The monoisotopic (exact) mass is 414 g/mol. The topological polar surface area (TPSA) is 50.2 Å². The summed E-state index contributed by atoms with van der Waals surface area (Å²) in [5, 5.41) is 2.97. The van der Waals surface area contributed by atoms with Crippen LogP contribution in [-0.2, 0) is 6.54 Å². The Morgan fingerprint density at radius 3 is 2.39 bits per heavy atom. The van der Waals surface area contributed by atoms with Crippen LogP contribution in [0.1, 0.15) is 60.0 Å². The Labute approximate surface area is 184 Å². The molecule has 2 heterocycles. The highest BCUT2D eigenvalue weighted by Crippen LogP contribution is 2.34. The highest BCUT2D eigenvalue weighted by atomic mass is 16.1. The van der Waals surface area contributed by atoms with Gasteiger partial charge in [-0.05, 0) is 36.5 Å². The number of amides is 1. The summed E-state index contributed by atoms with van der Waals surface area (Å²) in [4.78, 5) is 20.3. The molecule has 31 heavy (non-hydrogen) atoms. The SMILES string of the molecule is O=C(Nc1ccccc1)c1cn2c(n1)C(c1ccccc1)N(CC1CCCCC1)CC2. The zero-order chi connectivity index (χ0) is 21.0. The van der Waals surface area contributed by atoms with Crippen LogP contribution in [0.5, 0.6) is 0 Å². The third-order valence-electron chi connectivity index (χ3n) is 6.64. The number of rotatable bonds is 5. The van der Waals surface area contributed by atoms with Crippen LogP contribution in [-0.4, -0.2) is 33.4 Å². The van der Waals surface area contributed by atoms with Crippen LogP contribution in [0.25, 0.3) is 0 Å². The van der Waals surface area contributed by atoms with E-state index in [4.69, 9.17) is 4.98 Å². The Morgan fingerprint density at radius 1 is 0.935 bits per heavy atom. The molecule has 5 heteroatoms. The van der Waals surface area contributed by atoms with Crippen LogP contribution in [0, 0.1) is 5.92 Å². The first kappa shape index (κ1) is 20.0. The molecule has 1 aliphatic heterocycles. The molecule has 5 rings (SSSR count). The Morgan fingerprint density at radius 2 is 1.65 bits per heavy atom. The van der Waals surface area contributed by atoms with Gasteiger partial charge in [0.25, 0.3) is 5.91 Å². The Bertz CT molecular complexity index is 1010. The van der Waals surface area contributed by atoms with Crippen LogP contribution in [0.2, 0.25) is 0 Å². The van der Waals surface area contributed by atoms with E-state index in [9.17, 15) is 4.79 Å². The minimum atomic E-state index is -0.154. The minimum absolute atomic E-state index is 0.0927. The van der Waals surface area contributed by atoms with Gasteiger partial charge in [-0.2, -0.15) is 0 Å². The largest absolute Gasteiger partial charge is 0.331 e. The number of nitrogens with one attached hydrogen (secondary N) is 1. The zero-order valence-electron chi connectivity index (χ0n) is 17.9. The van der Waals surface area contributed by atoms with Crippen LogP contribution < -0.4 is 5.32 Å². The van der Waals surface area contributed by atoms with Crippen molar-refractivity contribution >= 4 is 11.6 Å². The van der Waals surface area contributed by atoms with Gasteiger partial charge in [0.1, 0.15) is 11.5 Å². The number of aromatic nitrogens is 2. The lowest BCUT2D eigenvalue weighted by Gasteiger charge is -2.39. The average Bonchev–Trinajstić information content (AvgIpc) is 3.25. The first-order chi connectivity index (χ1) is 15.3. The van der Waals surface area contributed by atoms with Crippen LogP contribution in [0.15, 0.2) is 66.9 Å². The van der Waals surface area contributed by atoms with Crippen molar-refractivity contribution < 1.29 is 4.79 Å². The number of anilines is 1. The molecule has 1 aliphatic carbocycles. The summed E-state index contributed by atoms with van der Waals surface area (Å²) in [7, 11) is 0. The maximum Gasteiger partial charge on any atom is 0.275 e. The van der Waals surface area contributed by atoms with E-state index in [1.165, 1.54) is 37.7 Å². The van der Waals surface area contributed by atoms with Gasteiger partial charge in [0, 0.05) is 31.5 Å². The predicted molar refractivity (Wildman–Crippen MR) is 123 cm³/mol. The Balaban J connectivity index is 1.43. The second-order valence-corrected chi connectivity index (χ2v) is 8.81. The molecule has 3 aromatic rings. The maximum absolute atomic E-state index is 12.9. The number of benzene rings is 2. The number of carbonyl (C=O) groups excluding carboxylic acids is 1. The summed E-state index contributed by atoms with van der Waals surface area (Å²) in [6.07, 6.45) is 8.67. The van der Waals surface area contributed by atoms with Gasteiger partial charge in [0.05, 0.1) is 6.04 Å². The molecule has 0 spiro atoms. The lowest BCUT2D eigenvalue weighted by Crippen LogP contribution is -2.41. The third kappa shape index (κ3) is 4.42. The van der Waals surface area contributed by atoms with Crippen molar-refractivity contribution in [3.05, 3.63) is 83.9 Å². The van der Waals surface area contributed by atoms with Crippen molar-refractivity contribution in [2.24, 2.45) is 5.92 Å². The summed E-state index contributed by atoms with van der Waals surface area (Å²) >= 11 is 0. The molecule has 1 unspecified atom stereocenters. The van der Waals surface area contributed by atoms with Gasteiger partial charge < -0.3 is 9.88 Å². The van der Waals surface area contributed by atoms with Gasteiger partial charge >= 0.3 is 0 Å². The molecule has 0 radical (unpaired) electrons. The molecule has 1 N–H and O–H groups in total. The van der Waals surface area contributed by atoms with E-state index in [0.29, 0.717) is 5.69 Å². The highest BCUT2D eigenvalue weighted by Gasteiger charge is 2.33. The number of para-hydroxylation sites is 1. The molecule has 0 saturated heterocycles. The number of nitrogens with zero attached hydrogens (tertiary/aromatic N) is 3. The minimum Gasteiger partial charge on any atom is -0.331 e. The van der Waals surface area contributed by atoms with E-state index in [1.54, 1.807) is 0 Å². The molecule has 160 valence electrons. The molecular weight excluding hydrogens is 384 g/mol. The van der Waals surface area contributed by atoms with E-state index < -0.39 is 0 Å². The van der Waals surface area contributed by atoms with Crippen LogP contribution in [0.3, 0.4) is 0 Å². The van der Waals surface area contributed by atoms with Crippen molar-refractivity contribution in [3.63, 3.8) is 0 Å². The standard InChI is InChI=1S/C26H30N4O/c31-26(27-22-14-8-3-9-15-22)23-19-30-17-16-29(18-20-10-4-1-5-11-20)24(25(30)28-23)21-12-6-2-7-13-21/h2-3,6-9,12-15,19-20,24H,1,4-5,10-11,16-18H2,(H,27,31). The number of hydrogen-bond donors (Lipinski definition) is 1. The molecule has 1 atom stereocenters. The third-order valence-corrected chi connectivity index (χ3v) is 6.64. The van der Waals surface area contributed by atoms with E-state index in [-0.39, 0.29) is 11.9 Å². The van der Waals surface area contributed by atoms with Gasteiger partial charge in [-0.25, -0.2) is 4.98 Å². The van der Waals surface area contributed by atoms with E-state index in [1.807, 2.05) is 36.5 Å². The molecule has 1 fully saturated rings. The van der Waals surface area contributed by atoms with Crippen molar-refractivity contribution in [1.82, 2.24) is 14.5 Å². The van der Waals surface area contributed by atoms with Gasteiger partial charge in [0.2, 0.25) is 0 Å². The highest BCUT2D eigenvalue weighted by molar-refractivity contribution is 6.02. The first-order valence-corrected chi connectivity index (χ1v) is 11.5. The number of fused-ring (bicyclic) bond motifs is 1. The second-order valence-electron chi connectivity index (χ2n) is 8.81. The lowest BCUT2D eigenvalue weighted by molar-refractivity contribution is 0.102. The van der Waals surface area contributed by atoms with Crippen molar-refractivity contribution in [1.29, 1.82) is 0 Å². The number of imidazole rings is 1. The quantitative estimate of drug-likeness (QED) is 0.630. The predicted octanol–water partition coefficient (Wildman–Crippen LogP) is 5.12. The molecule has 0 bridgehead atoms. The molecular formula is C26H30N4O. The summed E-state index contributed by atoms with van der Waals surface area (Å²) in [5.41, 5.74) is 2.52. The summed E-state index contributed by atoms with van der Waals surface area (Å²) in [6.45, 7) is 2.97. The van der Waals surface area contributed by atoms with Crippen molar-refractivity contribution in [2.75, 3.05) is 18.4 Å². The fourth-order valence-corrected chi connectivity index (χ4v) is 5.08. The number of carbonyl (C=O) groups is 1. The summed E-state index contributed by atoms with van der Waals surface area (Å²) in [5.74, 6) is 1.59. The van der Waals surface area contributed by atoms with Gasteiger partial charge in [0.15, 0.2) is 0 Å². The fraction of sp³-hybridized carbons (Fsp3) is 0.385. The fourth-order valence-electron chi connectivity index (χ4n) is 5.08. The smallest absolute Gasteiger partial charge is 0.275 e. The zero-order valence-corrected chi connectivity index (χ0v) is 17.9. The molecule has 1 saturated carbocycles. The molecule has 5 nitrogen and oxygen atoms in total. The number of hydrogen-bond acceptors (Lipinski definition) is 3. The van der Waals surface area contributed by atoms with Gasteiger partial charge in [-0.15, -0.1) is 0 Å². The van der Waals surface area contributed by atoms with E-state index >= 15 is 0 Å². The summed E-state index contributed by atoms with van der Waals surface area (Å²) in [6, 6.07) is 20.3. The van der Waals surface area contributed by atoms with Gasteiger partial charge in [-0.1, -0.05) is 67.8 Å². The van der Waals surface area contributed by atoms with E-state index in [0.717, 1.165) is 37.1 Å².